The molecule has 3 aliphatic heterocycles. The van der Waals surface area contributed by atoms with E-state index in [1.54, 1.807) is 0 Å². The Morgan fingerprint density at radius 2 is 2.03 bits per heavy atom. The number of guanidine groups is 1. The molecule has 2 fully saturated rings. The second kappa shape index (κ2) is 10.4. The zero-order chi connectivity index (χ0) is 19.5. The van der Waals surface area contributed by atoms with Gasteiger partial charge in [0.25, 0.3) is 0 Å². The lowest BCUT2D eigenvalue weighted by Gasteiger charge is -2.37. The third-order valence-corrected chi connectivity index (χ3v) is 6.61. The lowest BCUT2D eigenvalue weighted by atomic mass is 9.95. The Labute approximate surface area is 193 Å². The second-order valence-electron chi connectivity index (χ2n) is 8.88. The first kappa shape index (κ1) is 22.8. The van der Waals surface area contributed by atoms with Crippen molar-refractivity contribution in [3.63, 3.8) is 0 Å². The van der Waals surface area contributed by atoms with Gasteiger partial charge in [-0.1, -0.05) is 38.1 Å². The van der Waals surface area contributed by atoms with Crippen LogP contribution >= 0.6 is 24.0 Å². The van der Waals surface area contributed by atoms with Gasteiger partial charge in [0.2, 0.25) is 0 Å². The first-order valence-electron chi connectivity index (χ1n) is 11.1. The van der Waals surface area contributed by atoms with Gasteiger partial charge in [0.15, 0.2) is 5.96 Å². The van der Waals surface area contributed by atoms with E-state index in [0.717, 1.165) is 45.0 Å². The van der Waals surface area contributed by atoms with Crippen LogP contribution in [0.5, 0.6) is 0 Å². The summed E-state index contributed by atoms with van der Waals surface area (Å²) in [5.74, 6) is 1.52. The molecule has 6 heteroatoms. The SMILES string of the molecule is CCNC(=NCC(C(C)C)N1CCc2ccccc2C1)NC1CC2CCC1O2.I. The second-order valence-corrected chi connectivity index (χ2v) is 8.88. The molecule has 2 saturated heterocycles. The lowest BCUT2D eigenvalue weighted by Crippen LogP contribution is -2.49. The first-order valence-corrected chi connectivity index (χ1v) is 11.1. The summed E-state index contributed by atoms with van der Waals surface area (Å²) in [6.45, 7) is 10.7. The molecule has 2 N–H and O–H groups in total. The molecule has 2 bridgehead atoms. The number of fused-ring (bicyclic) bond motifs is 3. The molecule has 4 rings (SSSR count). The minimum atomic E-state index is 0. The highest BCUT2D eigenvalue weighted by Gasteiger charge is 2.41. The number of ether oxygens (including phenoxy) is 1. The van der Waals surface area contributed by atoms with Gasteiger partial charge in [-0.2, -0.15) is 0 Å². The molecule has 162 valence electrons. The van der Waals surface area contributed by atoms with Crippen LogP contribution in [-0.2, 0) is 17.7 Å². The molecular formula is C23H37IN4O. The number of aliphatic imine (C=N–C) groups is 1. The van der Waals surface area contributed by atoms with E-state index in [9.17, 15) is 0 Å². The first-order chi connectivity index (χ1) is 13.6. The summed E-state index contributed by atoms with van der Waals surface area (Å²) in [6, 6.07) is 9.75. The summed E-state index contributed by atoms with van der Waals surface area (Å²) < 4.78 is 6.00. The van der Waals surface area contributed by atoms with E-state index in [4.69, 9.17) is 9.73 Å². The molecule has 4 atom stereocenters. The number of nitrogens with zero attached hydrogens (tertiary/aromatic N) is 2. The van der Waals surface area contributed by atoms with Gasteiger partial charge in [0, 0.05) is 25.7 Å². The maximum Gasteiger partial charge on any atom is 0.191 e. The maximum atomic E-state index is 6.00. The fraction of sp³-hybridized carbons (Fsp3) is 0.696. The van der Waals surface area contributed by atoms with Gasteiger partial charge in [0.05, 0.1) is 24.8 Å². The largest absolute Gasteiger partial charge is 0.373 e. The predicted octanol–water partition coefficient (Wildman–Crippen LogP) is 3.56. The van der Waals surface area contributed by atoms with Crippen molar-refractivity contribution in [1.29, 1.82) is 0 Å². The van der Waals surface area contributed by atoms with Crippen molar-refractivity contribution < 1.29 is 4.74 Å². The molecule has 5 nitrogen and oxygen atoms in total. The molecule has 0 amide bonds. The highest BCUT2D eigenvalue weighted by molar-refractivity contribution is 14.0. The zero-order valence-electron chi connectivity index (χ0n) is 18.1. The van der Waals surface area contributed by atoms with E-state index in [2.05, 4.69) is 60.6 Å². The van der Waals surface area contributed by atoms with Crippen LogP contribution in [0.3, 0.4) is 0 Å². The van der Waals surface area contributed by atoms with Gasteiger partial charge < -0.3 is 15.4 Å². The topological polar surface area (TPSA) is 48.9 Å². The molecule has 29 heavy (non-hydrogen) atoms. The minimum Gasteiger partial charge on any atom is -0.373 e. The highest BCUT2D eigenvalue weighted by Crippen LogP contribution is 2.34. The van der Waals surface area contributed by atoms with Crippen LogP contribution in [0, 0.1) is 5.92 Å². The third-order valence-electron chi connectivity index (χ3n) is 6.61. The molecular weight excluding hydrogens is 475 g/mol. The average Bonchev–Trinajstić information content (AvgIpc) is 3.31. The summed E-state index contributed by atoms with van der Waals surface area (Å²) in [5.41, 5.74) is 2.99. The lowest BCUT2D eigenvalue weighted by molar-refractivity contribution is 0.0992. The van der Waals surface area contributed by atoms with Crippen molar-refractivity contribution in [1.82, 2.24) is 15.5 Å². The van der Waals surface area contributed by atoms with E-state index in [-0.39, 0.29) is 24.0 Å². The molecule has 0 saturated carbocycles. The van der Waals surface area contributed by atoms with E-state index in [0.29, 0.717) is 30.2 Å². The van der Waals surface area contributed by atoms with E-state index >= 15 is 0 Å². The smallest absolute Gasteiger partial charge is 0.191 e. The van der Waals surface area contributed by atoms with Crippen molar-refractivity contribution in [3.05, 3.63) is 35.4 Å². The van der Waals surface area contributed by atoms with Crippen LogP contribution in [0.4, 0.5) is 0 Å². The Bertz CT molecular complexity index is 695. The van der Waals surface area contributed by atoms with Gasteiger partial charge in [-0.05, 0) is 49.7 Å². The summed E-state index contributed by atoms with van der Waals surface area (Å²) in [4.78, 5) is 7.64. The van der Waals surface area contributed by atoms with Gasteiger partial charge in [-0.15, -0.1) is 24.0 Å². The van der Waals surface area contributed by atoms with Crippen LogP contribution in [0.25, 0.3) is 0 Å². The van der Waals surface area contributed by atoms with Crippen molar-refractivity contribution in [2.24, 2.45) is 10.9 Å². The van der Waals surface area contributed by atoms with E-state index in [1.165, 1.54) is 24.0 Å². The molecule has 0 aromatic heterocycles. The van der Waals surface area contributed by atoms with Gasteiger partial charge in [0.1, 0.15) is 0 Å². The molecule has 4 unspecified atom stereocenters. The van der Waals surface area contributed by atoms with Crippen molar-refractivity contribution in [2.45, 2.75) is 77.3 Å². The van der Waals surface area contributed by atoms with Crippen molar-refractivity contribution in [3.8, 4) is 0 Å². The fourth-order valence-corrected chi connectivity index (χ4v) is 5.02. The summed E-state index contributed by atoms with van der Waals surface area (Å²) in [5, 5.41) is 7.10. The average molecular weight is 512 g/mol. The number of halogens is 1. The molecule has 0 radical (unpaired) electrons. The van der Waals surface area contributed by atoms with Crippen LogP contribution < -0.4 is 10.6 Å². The predicted molar refractivity (Wildman–Crippen MR) is 130 cm³/mol. The number of hydrogen-bond donors (Lipinski definition) is 2. The Kier molecular flexibility index (Phi) is 8.22. The van der Waals surface area contributed by atoms with Crippen LogP contribution in [0.1, 0.15) is 51.2 Å². The van der Waals surface area contributed by atoms with Gasteiger partial charge >= 0.3 is 0 Å². The fourth-order valence-electron chi connectivity index (χ4n) is 5.02. The standard InChI is InChI=1S/C23H36N4O.HI/c1-4-24-23(26-20-13-19-9-10-22(20)28-19)25-14-21(16(2)3)27-12-11-17-7-5-6-8-18(17)15-27;/h5-8,16,19-22H,4,9-15H2,1-3H3,(H2,24,25,26);1H. The number of nitrogens with one attached hydrogen (secondary N) is 2. The van der Waals surface area contributed by atoms with Crippen molar-refractivity contribution >= 4 is 29.9 Å². The molecule has 3 aliphatic rings. The Hall–Kier alpha value is -0.860. The number of benzene rings is 1. The maximum absolute atomic E-state index is 6.00. The van der Waals surface area contributed by atoms with Gasteiger partial charge in [-0.25, -0.2) is 0 Å². The highest BCUT2D eigenvalue weighted by atomic mass is 127. The normalized spacial score (nSPS) is 27.4. The van der Waals surface area contributed by atoms with E-state index in [1.807, 2.05) is 0 Å². The quantitative estimate of drug-likeness (QED) is 0.348. The molecule has 0 aliphatic carbocycles. The molecule has 1 aromatic rings. The third kappa shape index (κ3) is 5.44. The number of rotatable bonds is 6. The summed E-state index contributed by atoms with van der Waals surface area (Å²) in [7, 11) is 0. The molecule has 1 aromatic carbocycles. The Balaban J connectivity index is 0.00000240. The van der Waals surface area contributed by atoms with Crippen molar-refractivity contribution in [2.75, 3.05) is 19.6 Å². The van der Waals surface area contributed by atoms with Gasteiger partial charge in [-0.3, -0.25) is 9.89 Å². The zero-order valence-corrected chi connectivity index (χ0v) is 20.4. The Morgan fingerprint density at radius 3 is 2.69 bits per heavy atom. The molecule has 0 spiro atoms. The van der Waals surface area contributed by atoms with Crippen LogP contribution in [0.2, 0.25) is 0 Å². The van der Waals surface area contributed by atoms with Crippen LogP contribution in [-0.4, -0.2) is 54.8 Å². The van der Waals surface area contributed by atoms with E-state index < -0.39 is 0 Å². The number of hydrogen-bond acceptors (Lipinski definition) is 3. The summed E-state index contributed by atoms with van der Waals surface area (Å²) >= 11 is 0. The summed E-state index contributed by atoms with van der Waals surface area (Å²) in [6.07, 6.45) is 5.50. The molecule has 3 heterocycles. The Morgan fingerprint density at radius 1 is 1.24 bits per heavy atom. The van der Waals surface area contributed by atoms with Crippen LogP contribution in [0.15, 0.2) is 29.3 Å². The minimum absolute atomic E-state index is 0. The monoisotopic (exact) mass is 512 g/mol.